The third-order valence-electron chi connectivity index (χ3n) is 9.60. The minimum Gasteiger partial charge on any atom is -0.388 e. The second-order valence-corrected chi connectivity index (χ2v) is 12.6. The Hall–Kier alpha value is -4.39. The SMILES string of the molecule is CCc1cnn([C@H]2C[C@@H](n3cnc4c(NCC(c5ccccc5)c5ccccc5)nc(NC5CCC(N)CC5)nc43)[C@H](O)[C@@H]2O)n1. The average molecular weight is 623 g/mol. The number of hydrogen-bond donors (Lipinski definition) is 5. The van der Waals surface area contributed by atoms with E-state index in [2.05, 4.69) is 69.4 Å². The van der Waals surface area contributed by atoms with Gasteiger partial charge in [0.05, 0.1) is 24.3 Å². The molecule has 0 amide bonds. The first-order valence-corrected chi connectivity index (χ1v) is 16.4. The Morgan fingerprint density at radius 2 is 1.59 bits per heavy atom. The Morgan fingerprint density at radius 1 is 0.913 bits per heavy atom. The molecular weight excluding hydrogens is 580 g/mol. The number of nitrogens with two attached hydrogens (primary N) is 1. The molecule has 12 nitrogen and oxygen atoms in total. The van der Waals surface area contributed by atoms with Crippen molar-refractivity contribution in [3.63, 3.8) is 0 Å². The van der Waals surface area contributed by atoms with E-state index < -0.39 is 24.3 Å². The van der Waals surface area contributed by atoms with Crippen molar-refractivity contribution in [2.75, 3.05) is 17.2 Å². The molecule has 3 heterocycles. The molecule has 46 heavy (non-hydrogen) atoms. The number of nitrogens with one attached hydrogen (secondary N) is 2. The van der Waals surface area contributed by atoms with Crippen LogP contribution in [0.1, 0.15) is 73.9 Å². The first-order chi connectivity index (χ1) is 22.5. The van der Waals surface area contributed by atoms with Crippen LogP contribution in [0.15, 0.2) is 73.2 Å². The van der Waals surface area contributed by atoms with Gasteiger partial charge in [-0.1, -0.05) is 67.6 Å². The zero-order chi connectivity index (χ0) is 31.6. The van der Waals surface area contributed by atoms with Crippen LogP contribution in [-0.4, -0.2) is 75.6 Å². The molecule has 0 aliphatic heterocycles. The molecule has 4 atom stereocenters. The van der Waals surface area contributed by atoms with E-state index in [9.17, 15) is 10.2 Å². The van der Waals surface area contributed by atoms with Crippen molar-refractivity contribution in [3.8, 4) is 0 Å². The van der Waals surface area contributed by atoms with E-state index in [-0.39, 0.29) is 18.0 Å². The summed E-state index contributed by atoms with van der Waals surface area (Å²) in [5.74, 6) is 1.19. The molecule has 6 N–H and O–H groups in total. The molecule has 7 rings (SSSR count). The molecule has 0 bridgehead atoms. The quantitative estimate of drug-likeness (QED) is 0.155. The predicted molar refractivity (Wildman–Crippen MR) is 176 cm³/mol. The van der Waals surface area contributed by atoms with Crippen LogP contribution in [0.4, 0.5) is 11.8 Å². The lowest BCUT2D eigenvalue weighted by Gasteiger charge is -2.27. The number of rotatable bonds is 10. The fraction of sp³-hybridized carbons (Fsp3) is 0.441. The molecule has 2 aliphatic rings. The van der Waals surface area contributed by atoms with E-state index in [0.29, 0.717) is 35.9 Å². The van der Waals surface area contributed by atoms with E-state index in [0.717, 1.165) is 37.8 Å². The topological polar surface area (TPSA) is 165 Å². The van der Waals surface area contributed by atoms with Crippen LogP contribution in [0.5, 0.6) is 0 Å². The Labute approximate surface area is 268 Å². The van der Waals surface area contributed by atoms with Gasteiger partial charge in [-0.2, -0.15) is 25.0 Å². The summed E-state index contributed by atoms with van der Waals surface area (Å²) in [5, 5.41) is 38.4. The summed E-state index contributed by atoms with van der Waals surface area (Å²) in [4.78, 5) is 16.2. The minimum absolute atomic E-state index is 0.0767. The Kier molecular flexibility index (Phi) is 8.65. The highest BCUT2D eigenvalue weighted by Gasteiger charge is 2.45. The molecule has 240 valence electrons. The highest BCUT2D eigenvalue weighted by atomic mass is 16.3. The van der Waals surface area contributed by atoms with Crippen molar-refractivity contribution in [1.82, 2.24) is 34.5 Å². The zero-order valence-corrected chi connectivity index (χ0v) is 26.0. The Bertz CT molecular complexity index is 1700. The number of aryl methyl sites for hydroxylation is 1. The van der Waals surface area contributed by atoms with Crippen LogP contribution in [-0.2, 0) is 6.42 Å². The molecule has 2 aromatic carbocycles. The molecule has 0 saturated heterocycles. The molecule has 0 spiro atoms. The van der Waals surface area contributed by atoms with Crippen LogP contribution in [0, 0.1) is 0 Å². The molecule has 0 radical (unpaired) electrons. The molecule has 5 aromatic rings. The van der Waals surface area contributed by atoms with Gasteiger partial charge in [0, 0.05) is 24.5 Å². The maximum Gasteiger partial charge on any atom is 0.227 e. The lowest BCUT2D eigenvalue weighted by atomic mass is 9.91. The van der Waals surface area contributed by atoms with Crippen LogP contribution in [0.25, 0.3) is 11.2 Å². The lowest BCUT2D eigenvalue weighted by molar-refractivity contribution is 0.00497. The minimum atomic E-state index is -1.05. The summed E-state index contributed by atoms with van der Waals surface area (Å²) < 4.78 is 1.87. The first-order valence-electron chi connectivity index (χ1n) is 16.4. The molecule has 2 aliphatic carbocycles. The van der Waals surface area contributed by atoms with Gasteiger partial charge in [0.2, 0.25) is 5.95 Å². The number of anilines is 2. The third kappa shape index (κ3) is 6.07. The van der Waals surface area contributed by atoms with Gasteiger partial charge >= 0.3 is 0 Å². The van der Waals surface area contributed by atoms with Gasteiger partial charge < -0.3 is 31.1 Å². The predicted octanol–water partition coefficient (Wildman–Crippen LogP) is 3.81. The Morgan fingerprint density at radius 3 is 2.24 bits per heavy atom. The number of nitrogens with zero attached hydrogens (tertiary/aromatic N) is 7. The zero-order valence-electron chi connectivity index (χ0n) is 26.0. The highest BCUT2D eigenvalue weighted by molar-refractivity contribution is 5.84. The number of fused-ring (bicyclic) bond motifs is 1. The fourth-order valence-electron chi connectivity index (χ4n) is 6.91. The summed E-state index contributed by atoms with van der Waals surface area (Å²) >= 11 is 0. The van der Waals surface area contributed by atoms with Gasteiger partial charge in [0.1, 0.15) is 18.2 Å². The standard InChI is InChI=1S/C34H42N10O2/c1-2-24-18-38-44(42-24)28-17-27(30(45)31(28)46)43-20-37-29-32(40-34(41-33(29)43)39-25-15-13-23(35)14-16-25)36-19-26(21-9-5-3-6-10-21)22-11-7-4-8-12-22/h3-12,18,20,23,25-28,30-31,45-46H,2,13-17,19,35H2,1H3,(H2,36,39,40,41)/t23?,25?,27-,28+,30+,31-/m1/s1. The van der Waals surface area contributed by atoms with Crippen molar-refractivity contribution < 1.29 is 10.2 Å². The summed E-state index contributed by atoms with van der Waals surface area (Å²) in [5.41, 5.74) is 10.6. The summed E-state index contributed by atoms with van der Waals surface area (Å²) in [6.07, 6.45) is 6.26. The van der Waals surface area contributed by atoms with Gasteiger partial charge in [0.15, 0.2) is 17.0 Å². The third-order valence-corrected chi connectivity index (χ3v) is 9.60. The van der Waals surface area contributed by atoms with Crippen LogP contribution in [0.3, 0.4) is 0 Å². The number of aliphatic hydroxyl groups is 2. The number of aliphatic hydroxyl groups excluding tert-OH is 2. The molecule has 12 heteroatoms. The highest BCUT2D eigenvalue weighted by Crippen LogP contribution is 2.40. The summed E-state index contributed by atoms with van der Waals surface area (Å²) in [7, 11) is 0. The Balaban J connectivity index is 1.23. The van der Waals surface area contributed by atoms with Gasteiger partial charge in [-0.3, -0.25) is 0 Å². The number of hydrogen-bond acceptors (Lipinski definition) is 10. The smallest absolute Gasteiger partial charge is 0.227 e. The van der Waals surface area contributed by atoms with Crippen molar-refractivity contribution in [2.45, 2.75) is 87.7 Å². The van der Waals surface area contributed by atoms with E-state index in [4.69, 9.17) is 20.7 Å². The maximum absolute atomic E-state index is 11.3. The molecule has 0 unspecified atom stereocenters. The molecule has 3 aromatic heterocycles. The fourth-order valence-corrected chi connectivity index (χ4v) is 6.91. The van der Waals surface area contributed by atoms with Crippen LogP contribution in [0.2, 0.25) is 0 Å². The van der Waals surface area contributed by atoms with Crippen LogP contribution < -0.4 is 16.4 Å². The number of aromatic nitrogens is 7. The average Bonchev–Trinajstić information content (AvgIpc) is 3.81. The summed E-state index contributed by atoms with van der Waals surface area (Å²) in [6, 6.07) is 20.4. The second kappa shape index (κ2) is 13.1. The van der Waals surface area contributed by atoms with Gasteiger partial charge in [-0.05, 0) is 49.7 Å². The van der Waals surface area contributed by atoms with Gasteiger partial charge in [0.25, 0.3) is 0 Å². The molecule has 2 saturated carbocycles. The van der Waals surface area contributed by atoms with E-state index in [1.165, 1.54) is 15.9 Å². The van der Waals surface area contributed by atoms with Crippen molar-refractivity contribution in [2.24, 2.45) is 5.73 Å². The van der Waals surface area contributed by atoms with E-state index in [1.807, 2.05) is 23.6 Å². The van der Waals surface area contributed by atoms with Crippen molar-refractivity contribution >= 4 is 22.9 Å². The van der Waals surface area contributed by atoms with E-state index in [1.54, 1.807) is 12.5 Å². The monoisotopic (exact) mass is 622 g/mol. The van der Waals surface area contributed by atoms with Crippen LogP contribution >= 0.6 is 0 Å². The largest absolute Gasteiger partial charge is 0.388 e. The lowest BCUT2D eigenvalue weighted by Crippen LogP contribution is -2.33. The molecular formula is C34H42N10O2. The summed E-state index contributed by atoms with van der Waals surface area (Å²) in [6.45, 7) is 2.59. The second-order valence-electron chi connectivity index (χ2n) is 12.6. The molecule has 2 fully saturated rings. The normalized spacial score (nSPS) is 24.9. The van der Waals surface area contributed by atoms with E-state index >= 15 is 0 Å². The number of benzene rings is 2. The number of imidazole rings is 1. The maximum atomic E-state index is 11.3. The van der Waals surface area contributed by atoms with Crippen molar-refractivity contribution in [1.29, 1.82) is 0 Å². The first kappa shape index (κ1) is 30.3. The van der Waals surface area contributed by atoms with Gasteiger partial charge in [-0.25, -0.2) is 4.98 Å². The van der Waals surface area contributed by atoms with Crippen molar-refractivity contribution in [3.05, 3.63) is 90.0 Å². The van der Waals surface area contributed by atoms with Gasteiger partial charge in [-0.15, -0.1) is 0 Å².